The second kappa shape index (κ2) is 7.98. The first-order valence-corrected chi connectivity index (χ1v) is 9.67. The van der Waals surface area contributed by atoms with Gasteiger partial charge in [-0.1, -0.05) is 6.92 Å². The number of hydrogen-bond donors (Lipinski definition) is 1. The molecule has 2 saturated heterocycles. The van der Waals surface area contributed by atoms with Crippen LogP contribution in [0.1, 0.15) is 44.0 Å². The van der Waals surface area contributed by atoms with Crippen molar-refractivity contribution < 1.29 is 5.11 Å². The average Bonchev–Trinajstić information content (AvgIpc) is 3.08. The molecule has 0 amide bonds. The summed E-state index contributed by atoms with van der Waals surface area (Å²) in [6, 6.07) is 2.66. The molecule has 0 aliphatic carbocycles. The molecule has 0 aromatic carbocycles. The largest absolute Gasteiger partial charge is 0.390 e. The monoisotopic (exact) mass is 334 g/mol. The second-order valence-corrected chi connectivity index (χ2v) is 8.04. The summed E-state index contributed by atoms with van der Waals surface area (Å²) >= 11 is 0. The van der Waals surface area contributed by atoms with E-state index in [1.807, 2.05) is 0 Å². The summed E-state index contributed by atoms with van der Waals surface area (Å²) in [5.41, 5.74) is 2.33. The molecule has 3 rings (SSSR count). The van der Waals surface area contributed by atoms with Crippen LogP contribution in [0.3, 0.4) is 0 Å². The Morgan fingerprint density at radius 1 is 1.17 bits per heavy atom. The SMILES string of the molecule is Cc1cc(C)n(C[C@H]2CCCN2C[C@@H](O)CN2CCC(C)CC2)n1. The summed E-state index contributed by atoms with van der Waals surface area (Å²) in [4.78, 5) is 4.92. The number of aryl methyl sites for hydroxylation is 2. The minimum atomic E-state index is -0.237. The molecular weight excluding hydrogens is 300 g/mol. The van der Waals surface area contributed by atoms with Crippen molar-refractivity contribution >= 4 is 0 Å². The standard InChI is InChI=1S/C19H34N4O/c1-15-6-9-21(10-7-15)13-19(24)14-22-8-4-5-18(22)12-23-17(3)11-16(2)20-23/h11,15,18-19,24H,4-10,12-14H2,1-3H3/t18-,19+/m1/s1. The van der Waals surface area contributed by atoms with Crippen molar-refractivity contribution in [3.63, 3.8) is 0 Å². The zero-order chi connectivity index (χ0) is 17.1. The van der Waals surface area contributed by atoms with Gasteiger partial charge in [-0.25, -0.2) is 0 Å². The minimum absolute atomic E-state index is 0.237. The van der Waals surface area contributed by atoms with Crippen molar-refractivity contribution in [1.82, 2.24) is 19.6 Å². The molecule has 0 radical (unpaired) electrons. The molecule has 0 spiro atoms. The predicted molar refractivity (Wildman–Crippen MR) is 97.1 cm³/mol. The van der Waals surface area contributed by atoms with Crippen LogP contribution in [0.4, 0.5) is 0 Å². The van der Waals surface area contributed by atoms with E-state index in [2.05, 4.69) is 46.4 Å². The maximum atomic E-state index is 10.6. The van der Waals surface area contributed by atoms with Crippen LogP contribution in [0.15, 0.2) is 6.07 Å². The van der Waals surface area contributed by atoms with Crippen LogP contribution in [-0.4, -0.2) is 69.6 Å². The third kappa shape index (κ3) is 4.58. The van der Waals surface area contributed by atoms with Gasteiger partial charge in [0.25, 0.3) is 0 Å². The third-order valence-corrected chi connectivity index (χ3v) is 5.78. The molecule has 3 heterocycles. The summed E-state index contributed by atoms with van der Waals surface area (Å²) < 4.78 is 2.14. The highest BCUT2D eigenvalue weighted by atomic mass is 16.3. The van der Waals surface area contributed by atoms with Crippen LogP contribution in [-0.2, 0) is 6.54 Å². The zero-order valence-electron chi connectivity index (χ0n) is 15.6. The Kier molecular flexibility index (Phi) is 5.95. The molecule has 24 heavy (non-hydrogen) atoms. The molecule has 1 aromatic heterocycles. The van der Waals surface area contributed by atoms with Crippen LogP contribution in [0, 0.1) is 19.8 Å². The Hall–Kier alpha value is -0.910. The van der Waals surface area contributed by atoms with Gasteiger partial charge in [-0.05, 0) is 71.1 Å². The number of hydrogen-bond acceptors (Lipinski definition) is 4. The molecule has 2 atom stereocenters. The Bertz CT molecular complexity index is 521. The van der Waals surface area contributed by atoms with Crippen molar-refractivity contribution in [2.45, 2.75) is 65.1 Å². The van der Waals surface area contributed by atoms with E-state index in [9.17, 15) is 5.11 Å². The van der Waals surface area contributed by atoms with Crippen LogP contribution in [0.2, 0.25) is 0 Å². The molecule has 1 aromatic rings. The molecule has 2 fully saturated rings. The number of β-amino-alcohol motifs (C(OH)–C–C–N with tert-alkyl or cyclic N) is 1. The minimum Gasteiger partial charge on any atom is -0.390 e. The maximum Gasteiger partial charge on any atom is 0.0793 e. The van der Waals surface area contributed by atoms with Crippen LogP contribution in [0.25, 0.3) is 0 Å². The highest BCUT2D eigenvalue weighted by Crippen LogP contribution is 2.21. The van der Waals surface area contributed by atoms with Crippen molar-refractivity contribution in [2.75, 3.05) is 32.7 Å². The Labute approximate surface area is 146 Å². The Morgan fingerprint density at radius 3 is 2.58 bits per heavy atom. The fraction of sp³-hybridized carbons (Fsp3) is 0.842. The number of aliphatic hydroxyl groups is 1. The number of aromatic nitrogens is 2. The Balaban J connectivity index is 1.49. The molecule has 5 nitrogen and oxygen atoms in total. The molecule has 5 heteroatoms. The average molecular weight is 335 g/mol. The number of nitrogens with zero attached hydrogens (tertiary/aromatic N) is 4. The van der Waals surface area contributed by atoms with Gasteiger partial charge >= 0.3 is 0 Å². The first-order valence-electron chi connectivity index (χ1n) is 9.67. The van der Waals surface area contributed by atoms with Crippen molar-refractivity contribution in [3.05, 3.63) is 17.5 Å². The summed E-state index contributed by atoms with van der Waals surface area (Å²) in [7, 11) is 0. The highest BCUT2D eigenvalue weighted by Gasteiger charge is 2.28. The first kappa shape index (κ1) is 17.9. The predicted octanol–water partition coefficient (Wildman–Crippen LogP) is 2.06. The smallest absolute Gasteiger partial charge is 0.0793 e. The van der Waals surface area contributed by atoms with Gasteiger partial charge in [-0.15, -0.1) is 0 Å². The van der Waals surface area contributed by atoms with E-state index in [4.69, 9.17) is 0 Å². The number of likely N-dealkylation sites (tertiary alicyclic amines) is 2. The zero-order valence-corrected chi connectivity index (χ0v) is 15.6. The Morgan fingerprint density at radius 2 is 1.92 bits per heavy atom. The number of piperidine rings is 1. The molecule has 2 aliphatic rings. The van der Waals surface area contributed by atoms with Gasteiger partial charge in [-0.2, -0.15) is 5.10 Å². The normalized spacial score (nSPS) is 25.4. The van der Waals surface area contributed by atoms with E-state index in [1.165, 1.54) is 31.4 Å². The van der Waals surface area contributed by atoms with Gasteiger partial charge in [0.15, 0.2) is 0 Å². The fourth-order valence-electron chi connectivity index (χ4n) is 4.27. The van der Waals surface area contributed by atoms with Gasteiger partial charge in [0, 0.05) is 24.8 Å². The molecule has 0 bridgehead atoms. The molecular formula is C19H34N4O. The molecule has 0 unspecified atom stereocenters. The van der Waals surface area contributed by atoms with Gasteiger partial charge in [0.05, 0.1) is 18.3 Å². The molecule has 2 aliphatic heterocycles. The number of aliphatic hydroxyl groups excluding tert-OH is 1. The van der Waals surface area contributed by atoms with Crippen molar-refractivity contribution in [3.8, 4) is 0 Å². The van der Waals surface area contributed by atoms with E-state index in [0.717, 1.165) is 50.9 Å². The lowest BCUT2D eigenvalue weighted by Gasteiger charge is -2.33. The fourth-order valence-corrected chi connectivity index (χ4v) is 4.27. The van der Waals surface area contributed by atoms with Gasteiger partial charge in [-0.3, -0.25) is 9.58 Å². The lowest BCUT2D eigenvalue weighted by molar-refractivity contribution is 0.0552. The maximum absolute atomic E-state index is 10.6. The van der Waals surface area contributed by atoms with E-state index >= 15 is 0 Å². The van der Waals surface area contributed by atoms with Crippen LogP contribution >= 0.6 is 0 Å². The third-order valence-electron chi connectivity index (χ3n) is 5.78. The van der Waals surface area contributed by atoms with Crippen LogP contribution < -0.4 is 0 Å². The number of rotatable bonds is 6. The van der Waals surface area contributed by atoms with E-state index in [0.29, 0.717) is 6.04 Å². The summed E-state index contributed by atoms with van der Waals surface area (Å²) in [5.74, 6) is 0.849. The van der Waals surface area contributed by atoms with Crippen molar-refractivity contribution in [1.29, 1.82) is 0 Å². The lowest BCUT2D eigenvalue weighted by atomic mass is 9.99. The second-order valence-electron chi connectivity index (χ2n) is 8.04. The summed E-state index contributed by atoms with van der Waals surface area (Å²) in [6.07, 6.45) is 4.76. The quantitative estimate of drug-likeness (QED) is 0.865. The van der Waals surface area contributed by atoms with Gasteiger partial charge in [0.1, 0.15) is 0 Å². The highest BCUT2D eigenvalue weighted by molar-refractivity contribution is 5.07. The van der Waals surface area contributed by atoms with E-state index < -0.39 is 0 Å². The van der Waals surface area contributed by atoms with Crippen molar-refractivity contribution in [2.24, 2.45) is 5.92 Å². The van der Waals surface area contributed by atoms with Gasteiger partial charge < -0.3 is 10.0 Å². The topological polar surface area (TPSA) is 44.5 Å². The summed E-state index contributed by atoms with van der Waals surface area (Å²) in [5, 5.41) is 15.2. The lowest BCUT2D eigenvalue weighted by Crippen LogP contribution is -2.45. The molecule has 1 N–H and O–H groups in total. The molecule has 0 saturated carbocycles. The molecule has 136 valence electrons. The van der Waals surface area contributed by atoms with E-state index in [-0.39, 0.29) is 6.10 Å². The van der Waals surface area contributed by atoms with Gasteiger partial charge in [0.2, 0.25) is 0 Å². The summed E-state index contributed by atoms with van der Waals surface area (Å²) in [6.45, 7) is 12.5. The first-order chi connectivity index (χ1) is 11.5. The van der Waals surface area contributed by atoms with E-state index in [1.54, 1.807) is 0 Å². The van der Waals surface area contributed by atoms with Crippen LogP contribution in [0.5, 0.6) is 0 Å².